The standard InChI is InChI=1S/C11H23N/c1-7-8-11(9(2)3)12(6)10(4)5/h8-10H,7H2,1-6H3/b11-8-. The van der Waals surface area contributed by atoms with E-state index >= 15 is 0 Å². The minimum absolute atomic E-state index is 0.602. The van der Waals surface area contributed by atoms with Crippen LogP contribution in [0.4, 0.5) is 0 Å². The van der Waals surface area contributed by atoms with Crippen LogP contribution in [0.3, 0.4) is 0 Å². The molecular formula is C11H23N. The molecule has 12 heavy (non-hydrogen) atoms. The van der Waals surface area contributed by atoms with Gasteiger partial charge in [0.1, 0.15) is 0 Å². The summed E-state index contributed by atoms with van der Waals surface area (Å²) in [7, 11) is 2.17. The van der Waals surface area contributed by atoms with E-state index in [9.17, 15) is 0 Å². The molecule has 0 saturated carbocycles. The molecule has 0 aliphatic carbocycles. The first-order chi connectivity index (χ1) is 5.50. The van der Waals surface area contributed by atoms with Gasteiger partial charge in [0.15, 0.2) is 0 Å². The molecule has 1 heteroatoms. The van der Waals surface area contributed by atoms with Crippen molar-refractivity contribution in [2.24, 2.45) is 5.92 Å². The monoisotopic (exact) mass is 169 g/mol. The summed E-state index contributed by atoms with van der Waals surface area (Å²) in [6.45, 7) is 11.1. The summed E-state index contributed by atoms with van der Waals surface area (Å²) in [5.41, 5.74) is 1.47. The van der Waals surface area contributed by atoms with Gasteiger partial charge in [-0.3, -0.25) is 0 Å². The summed E-state index contributed by atoms with van der Waals surface area (Å²) in [6, 6.07) is 0.602. The Morgan fingerprint density at radius 3 is 2.00 bits per heavy atom. The lowest BCUT2D eigenvalue weighted by Gasteiger charge is -2.29. The lowest BCUT2D eigenvalue weighted by atomic mass is 10.1. The topological polar surface area (TPSA) is 3.24 Å². The second-order valence-electron chi connectivity index (χ2n) is 3.90. The van der Waals surface area contributed by atoms with Crippen molar-refractivity contribution < 1.29 is 0 Å². The van der Waals surface area contributed by atoms with Gasteiger partial charge >= 0.3 is 0 Å². The third-order valence-electron chi connectivity index (χ3n) is 2.19. The van der Waals surface area contributed by atoms with Crippen molar-refractivity contribution in [1.82, 2.24) is 4.90 Å². The maximum Gasteiger partial charge on any atom is 0.0227 e. The Morgan fingerprint density at radius 2 is 1.75 bits per heavy atom. The molecule has 0 radical (unpaired) electrons. The summed E-state index contributed by atoms with van der Waals surface area (Å²) >= 11 is 0. The van der Waals surface area contributed by atoms with Crippen molar-refractivity contribution in [3.63, 3.8) is 0 Å². The summed E-state index contributed by atoms with van der Waals surface area (Å²) in [4.78, 5) is 2.36. The fourth-order valence-corrected chi connectivity index (χ4v) is 1.29. The van der Waals surface area contributed by atoms with E-state index in [1.165, 1.54) is 5.70 Å². The van der Waals surface area contributed by atoms with Crippen LogP contribution < -0.4 is 0 Å². The second-order valence-corrected chi connectivity index (χ2v) is 3.90. The highest BCUT2D eigenvalue weighted by Gasteiger charge is 2.10. The van der Waals surface area contributed by atoms with Crippen molar-refractivity contribution in [2.75, 3.05) is 7.05 Å². The predicted octanol–water partition coefficient (Wildman–Crippen LogP) is 3.28. The van der Waals surface area contributed by atoms with Crippen LogP contribution in [0.1, 0.15) is 41.0 Å². The first kappa shape index (κ1) is 11.5. The normalized spacial score (nSPS) is 12.8. The van der Waals surface area contributed by atoms with Crippen molar-refractivity contribution in [3.05, 3.63) is 11.8 Å². The van der Waals surface area contributed by atoms with Crippen LogP contribution in [0, 0.1) is 5.92 Å². The van der Waals surface area contributed by atoms with Crippen molar-refractivity contribution in [2.45, 2.75) is 47.1 Å². The molecule has 72 valence electrons. The zero-order chi connectivity index (χ0) is 9.72. The van der Waals surface area contributed by atoms with E-state index < -0.39 is 0 Å². The molecule has 0 aromatic carbocycles. The van der Waals surface area contributed by atoms with Gasteiger partial charge in [-0.05, 0) is 26.2 Å². The Balaban J connectivity index is 4.41. The molecule has 0 bridgehead atoms. The maximum atomic E-state index is 2.36. The predicted molar refractivity (Wildman–Crippen MR) is 56.1 cm³/mol. The lowest BCUT2D eigenvalue weighted by Crippen LogP contribution is -2.28. The highest BCUT2D eigenvalue weighted by molar-refractivity contribution is 5.03. The third kappa shape index (κ3) is 3.29. The first-order valence-electron chi connectivity index (χ1n) is 4.93. The van der Waals surface area contributed by atoms with Gasteiger partial charge in [0.25, 0.3) is 0 Å². The second kappa shape index (κ2) is 5.23. The quantitative estimate of drug-likeness (QED) is 0.624. The average molecular weight is 169 g/mol. The van der Waals surface area contributed by atoms with E-state index in [0.29, 0.717) is 12.0 Å². The number of hydrogen-bond donors (Lipinski definition) is 0. The van der Waals surface area contributed by atoms with Crippen LogP contribution in [0.2, 0.25) is 0 Å². The molecule has 0 aliphatic heterocycles. The van der Waals surface area contributed by atoms with E-state index in [4.69, 9.17) is 0 Å². The van der Waals surface area contributed by atoms with E-state index in [1.807, 2.05) is 0 Å². The van der Waals surface area contributed by atoms with Gasteiger partial charge in [-0.15, -0.1) is 0 Å². The average Bonchev–Trinajstić information content (AvgIpc) is 1.98. The van der Waals surface area contributed by atoms with Gasteiger partial charge in [0, 0.05) is 18.8 Å². The molecule has 0 saturated heterocycles. The highest BCUT2D eigenvalue weighted by Crippen LogP contribution is 2.16. The summed E-state index contributed by atoms with van der Waals surface area (Å²) < 4.78 is 0. The van der Waals surface area contributed by atoms with E-state index in [0.717, 1.165) is 6.42 Å². The van der Waals surface area contributed by atoms with Gasteiger partial charge in [0.2, 0.25) is 0 Å². The van der Waals surface area contributed by atoms with Gasteiger partial charge in [-0.25, -0.2) is 0 Å². The largest absolute Gasteiger partial charge is 0.376 e. The first-order valence-corrected chi connectivity index (χ1v) is 4.93. The molecule has 1 nitrogen and oxygen atoms in total. The number of hydrogen-bond acceptors (Lipinski definition) is 1. The number of nitrogens with zero attached hydrogens (tertiary/aromatic N) is 1. The molecule has 0 aliphatic rings. The Kier molecular flexibility index (Phi) is 5.03. The van der Waals surface area contributed by atoms with Gasteiger partial charge in [-0.1, -0.05) is 26.8 Å². The summed E-state index contributed by atoms with van der Waals surface area (Å²) in [6.07, 6.45) is 3.45. The van der Waals surface area contributed by atoms with Crippen molar-refractivity contribution in [1.29, 1.82) is 0 Å². The van der Waals surface area contributed by atoms with Gasteiger partial charge in [0.05, 0.1) is 0 Å². The Hall–Kier alpha value is -0.460. The van der Waals surface area contributed by atoms with Crippen LogP contribution in [-0.2, 0) is 0 Å². The maximum absolute atomic E-state index is 2.36. The Morgan fingerprint density at radius 1 is 1.25 bits per heavy atom. The lowest BCUT2D eigenvalue weighted by molar-refractivity contribution is 0.311. The number of allylic oxidation sites excluding steroid dienone is 2. The van der Waals surface area contributed by atoms with Crippen molar-refractivity contribution >= 4 is 0 Å². The van der Waals surface area contributed by atoms with Crippen molar-refractivity contribution in [3.8, 4) is 0 Å². The summed E-state index contributed by atoms with van der Waals surface area (Å²) in [5, 5.41) is 0. The molecule has 0 unspecified atom stereocenters. The fraction of sp³-hybridized carbons (Fsp3) is 0.818. The third-order valence-corrected chi connectivity index (χ3v) is 2.19. The molecule has 0 heterocycles. The zero-order valence-corrected chi connectivity index (χ0v) is 9.39. The highest BCUT2D eigenvalue weighted by atomic mass is 15.1. The molecule has 0 N–H and O–H groups in total. The molecule has 0 rings (SSSR count). The SMILES string of the molecule is CC/C=C(/C(C)C)N(C)C(C)C. The van der Waals surface area contributed by atoms with E-state index in [-0.39, 0.29) is 0 Å². The molecule has 0 fully saturated rings. The van der Waals surface area contributed by atoms with E-state index in [1.54, 1.807) is 0 Å². The van der Waals surface area contributed by atoms with Gasteiger partial charge < -0.3 is 4.90 Å². The molecular weight excluding hydrogens is 146 g/mol. The van der Waals surface area contributed by atoms with Crippen LogP contribution in [0.25, 0.3) is 0 Å². The van der Waals surface area contributed by atoms with Crippen LogP contribution in [-0.4, -0.2) is 18.0 Å². The smallest absolute Gasteiger partial charge is 0.0227 e. The molecule has 0 aromatic heterocycles. The minimum atomic E-state index is 0.602. The number of rotatable bonds is 4. The molecule has 0 amide bonds. The zero-order valence-electron chi connectivity index (χ0n) is 9.39. The Bertz CT molecular complexity index is 145. The van der Waals surface area contributed by atoms with Crippen LogP contribution >= 0.6 is 0 Å². The minimum Gasteiger partial charge on any atom is -0.376 e. The fourth-order valence-electron chi connectivity index (χ4n) is 1.29. The molecule has 0 atom stereocenters. The Labute approximate surface area is 77.5 Å². The molecule has 0 spiro atoms. The van der Waals surface area contributed by atoms with E-state index in [2.05, 4.69) is 52.6 Å². The van der Waals surface area contributed by atoms with Crippen LogP contribution in [0.5, 0.6) is 0 Å². The van der Waals surface area contributed by atoms with Crippen LogP contribution in [0.15, 0.2) is 11.8 Å². The van der Waals surface area contributed by atoms with Gasteiger partial charge in [-0.2, -0.15) is 0 Å². The molecule has 0 aromatic rings. The summed E-state index contributed by atoms with van der Waals surface area (Å²) in [5.74, 6) is 0.636.